The summed E-state index contributed by atoms with van der Waals surface area (Å²) in [6, 6.07) is 1.09. The minimum absolute atomic E-state index is 0.436. The molecule has 0 amide bonds. The zero-order chi connectivity index (χ0) is 23.3. The van der Waals surface area contributed by atoms with Gasteiger partial charge in [-0.25, -0.2) is 0 Å². The van der Waals surface area contributed by atoms with Gasteiger partial charge in [0.05, 0.1) is 12.3 Å². The molecule has 0 radical (unpaired) electrons. The van der Waals surface area contributed by atoms with Crippen molar-refractivity contribution in [3.05, 3.63) is 22.7 Å². The summed E-state index contributed by atoms with van der Waals surface area (Å²) >= 11 is 0. The van der Waals surface area contributed by atoms with E-state index in [-0.39, 0.29) is 0 Å². The summed E-state index contributed by atoms with van der Waals surface area (Å²) in [7, 11) is 0. The van der Waals surface area contributed by atoms with Gasteiger partial charge in [-0.05, 0) is 77.2 Å². The Morgan fingerprint density at radius 3 is 1.97 bits per heavy atom. The van der Waals surface area contributed by atoms with E-state index in [0.29, 0.717) is 35.8 Å². The molecule has 0 aromatic rings. The monoisotopic (exact) mass is 432 g/mol. The molecule has 2 rings (SSSR count). The van der Waals surface area contributed by atoms with Gasteiger partial charge in [0.25, 0.3) is 0 Å². The average molecular weight is 433 g/mol. The molecule has 3 heteroatoms. The van der Waals surface area contributed by atoms with Gasteiger partial charge in [0.2, 0.25) is 0 Å². The number of hydrogen-bond acceptors (Lipinski definition) is 3. The lowest BCUT2D eigenvalue weighted by atomic mass is 9.92. The molecule has 0 N–H and O–H groups in total. The molecule has 2 aliphatic rings. The van der Waals surface area contributed by atoms with Gasteiger partial charge in [0.15, 0.2) is 0 Å². The van der Waals surface area contributed by atoms with Gasteiger partial charge in [-0.15, -0.1) is 0 Å². The van der Waals surface area contributed by atoms with Crippen molar-refractivity contribution >= 4 is 0 Å². The summed E-state index contributed by atoms with van der Waals surface area (Å²) in [4.78, 5) is 5.38. The zero-order valence-electron chi connectivity index (χ0n) is 22.4. The first-order valence-electron chi connectivity index (χ1n) is 13.2. The summed E-state index contributed by atoms with van der Waals surface area (Å²) < 4.78 is 6.55. The normalized spacial score (nSPS) is 21.7. The lowest BCUT2D eigenvalue weighted by Crippen LogP contribution is -2.37. The maximum Gasteiger partial charge on any atom is 0.118 e. The summed E-state index contributed by atoms with van der Waals surface area (Å²) in [5, 5.41) is 0. The van der Waals surface area contributed by atoms with Gasteiger partial charge >= 0.3 is 0 Å². The fourth-order valence-electron chi connectivity index (χ4n) is 5.49. The topological polar surface area (TPSA) is 15.7 Å². The number of rotatable bonds is 8. The Kier molecular flexibility index (Phi) is 9.83. The second-order valence-corrected chi connectivity index (χ2v) is 11.4. The van der Waals surface area contributed by atoms with Gasteiger partial charge in [-0.2, -0.15) is 0 Å². The van der Waals surface area contributed by atoms with E-state index in [9.17, 15) is 0 Å². The number of hydrogen-bond donors (Lipinski definition) is 0. The van der Waals surface area contributed by atoms with Crippen molar-refractivity contribution in [2.45, 2.75) is 113 Å². The molecule has 0 aromatic heterocycles. The molecule has 3 nitrogen and oxygen atoms in total. The van der Waals surface area contributed by atoms with Gasteiger partial charge in [-0.3, -0.25) is 0 Å². The molecule has 31 heavy (non-hydrogen) atoms. The third kappa shape index (κ3) is 6.68. The molecule has 0 fully saturated rings. The van der Waals surface area contributed by atoms with Crippen LogP contribution in [0.1, 0.15) is 101 Å². The Morgan fingerprint density at radius 1 is 0.806 bits per heavy atom. The Morgan fingerprint density at radius 2 is 1.45 bits per heavy atom. The maximum absolute atomic E-state index is 6.55. The number of ether oxygens (including phenoxy) is 1. The molecule has 0 aliphatic carbocycles. The van der Waals surface area contributed by atoms with Gasteiger partial charge < -0.3 is 14.5 Å². The van der Waals surface area contributed by atoms with E-state index >= 15 is 0 Å². The van der Waals surface area contributed by atoms with Crippen LogP contribution in [0.15, 0.2) is 22.7 Å². The quantitative estimate of drug-likeness (QED) is 0.396. The van der Waals surface area contributed by atoms with Crippen LogP contribution in [0.25, 0.3) is 0 Å². The van der Waals surface area contributed by atoms with Crippen molar-refractivity contribution in [2.75, 3.05) is 19.7 Å². The van der Waals surface area contributed by atoms with Crippen LogP contribution in [0.4, 0.5) is 0 Å². The Hall–Kier alpha value is -1.12. The molecule has 0 saturated carbocycles. The van der Waals surface area contributed by atoms with E-state index in [1.54, 1.807) is 11.3 Å². The van der Waals surface area contributed by atoms with E-state index < -0.39 is 0 Å². The first-order chi connectivity index (χ1) is 14.5. The average Bonchev–Trinajstić information content (AvgIpc) is 3.00. The van der Waals surface area contributed by atoms with Gasteiger partial charge in [0, 0.05) is 42.7 Å². The van der Waals surface area contributed by atoms with Crippen molar-refractivity contribution in [1.82, 2.24) is 9.80 Å². The van der Waals surface area contributed by atoms with E-state index in [0.717, 1.165) is 13.2 Å². The largest absolute Gasteiger partial charge is 0.495 e. The van der Waals surface area contributed by atoms with E-state index in [1.165, 1.54) is 50.1 Å². The molecule has 0 spiro atoms. The molecular weight excluding hydrogens is 380 g/mol. The molecule has 180 valence electrons. The molecule has 0 bridgehead atoms. The van der Waals surface area contributed by atoms with Crippen LogP contribution in [0.3, 0.4) is 0 Å². The highest BCUT2D eigenvalue weighted by Gasteiger charge is 2.31. The van der Waals surface area contributed by atoms with Gasteiger partial charge in [-0.1, -0.05) is 41.5 Å². The molecule has 2 heterocycles. The fraction of sp³-hybridized carbons (Fsp3) is 0.857. The van der Waals surface area contributed by atoms with Gasteiger partial charge in [0.1, 0.15) is 5.76 Å². The Bertz CT molecular complexity index is 627. The van der Waals surface area contributed by atoms with Crippen LogP contribution in [0.5, 0.6) is 0 Å². The lowest BCUT2D eigenvalue weighted by molar-refractivity contribution is 0.141. The molecule has 0 aromatic carbocycles. The summed E-state index contributed by atoms with van der Waals surface area (Å²) in [6.07, 6.45) is 6.36. The summed E-state index contributed by atoms with van der Waals surface area (Å²) in [5.74, 6) is 3.38. The van der Waals surface area contributed by atoms with Crippen molar-refractivity contribution in [1.29, 1.82) is 0 Å². The second kappa shape index (κ2) is 11.7. The molecule has 0 saturated heterocycles. The predicted molar refractivity (Wildman–Crippen MR) is 135 cm³/mol. The zero-order valence-corrected chi connectivity index (χ0v) is 22.4. The van der Waals surface area contributed by atoms with Crippen molar-refractivity contribution in [3.8, 4) is 0 Å². The van der Waals surface area contributed by atoms with Crippen molar-refractivity contribution < 1.29 is 4.74 Å². The summed E-state index contributed by atoms with van der Waals surface area (Å²) in [5.41, 5.74) is 4.81. The van der Waals surface area contributed by atoms with Crippen molar-refractivity contribution in [2.24, 2.45) is 23.7 Å². The number of allylic oxidation sites excluding steroid dienone is 4. The Labute approximate surface area is 194 Å². The van der Waals surface area contributed by atoms with Crippen molar-refractivity contribution in [3.63, 3.8) is 0 Å². The third-order valence-electron chi connectivity index (χ3n) is 7.11. The summed E-state index contributed by atoms with van der Waals surface area (Å²) in [6.45, 7) is 26.6. The van der Waals surface area contributed by atoms with Crippen LogP contribution in [-0.4, -0.2) is 41.6 Å². The van der Waals surface area contributed by atoms with Crippen LogP contribution in [0, 0.1) is 23.7 Å². The fourth-order valence-corrected chi connectivity index (χ4v) is 5.49. The van der Waals surface area contributed by atoms with E-state index in [2.05, 4.69) is 79.0 Å². The smallest absolute Gasteiger partial charge is 0.118 e. The first kappa shape index (κ1) is 26.1. The standard InChI is InChI=1S/C28H52N2O/c1-19(2)25-13-11-12-16-29(22(7)8)26(25)15-14-24-17-30(23(9)10)27(20(3)4)28(21(5)6)31-18-24/h19-24H,11-18H2,1-10H3. The highest BCUT2D eigenvalue weighted by molar-refractivity contribution is 5.19. The SMILES string of the molecule is CC(C)C1=C(CCC2COC(C(C)C)=C(C(C)C)N(C(C)C)C2)N(C(C)C)CCCC1. The van der Waals surface area contributed by atoms with E-state index in [1.807, 2.05) is 0 Å². The first-order valence-corrected chi connectivity index (χ1v) is 13.2. The molecule has 2 aliphatic heterocycles. The molecular formula is C28H52N2O. The number of nitrogens with zero attached hydrogens (tertiary/aromatic N) is 2. The molecule has 1 unspecified atom stereocenters. The minimum Gasteiger partial charge on any atom is -0.495 e. The third-order valence-corrected chi connectivity index (χ3v) is 7.11. The lowest BCUT2D eigenvalue weighted by Gasteiger charge is -2.36. The van der Waals surface area contributed by atoms with Crippen LogP contribution in [0.2, 0.25) is 0 Å². The van der Waals surface area contributed by atoms with Crippen LogP contribution in [-0.2, 0) is 4.74 Å². The minimum atomic E-state index is 0.436. The molecule has 1 atom stereocenters. The van der Waals surface area contributed by atoms with Crippen LogP contribution >= 0.6 is 0 Å². The predicted octanol–water partition coefficient (Wildman–Crippen LogP) is 7.45. The highest BCUT2D eigenvalue weighted by atomic mass is 16.5. The van der Waals surface area contributed by atoms with E-state index in [4.69, 9.17) is 4.74 Å². The Balaban J connectivity index is 2.26. The second-order valence-electron chi connectivity index (χ2n) is 11.4. The maximum atomic E-state index is 6.55. The van der Waals surface area contributed by atoms with Crippen LogP contribution < -0.4 is 0 Å². The highest BCUT2D eigenvalue weighted by Crippen LogP contribution is 2.35.